The number of Topliss-reactive ketones (excluding diaryl/α,β-unsaturated/α-hetero) is 1. The van der Waals surface area contributed by atoms with Crippen LogP contribution in [0.25, 0.3) is 21.8 Å². The molecule has 1 amide bonds. The Kier molecular flexibility index (Phi) is 4.87. The number of aromatic nitrogens is 2. The molecule has 2 aromatic heterocycles. The third-order valence-electron chi connectivity index (χ3n) is 4.93. The van der Waals surface area contributed by atoms with Crippen molar-refractivity contribution in [3.63, 3.8) is 0 Å². The van der Waals surface area contributed by atoms with Crippen LogP contribution in [0.3, 0.4) is 0 Å². The van der Waals surface area contributed by atoms with Crippen LogP contribution in [0.1, 0.15) is 15.9 Å². The van der Waals surface area contributed by atoms with Gasteiger partial charge in [-0.3, -0.25) is 9.59 Å². The second-order valence-electron chi connectivity index (χ2n) is 6.69. The number of carbonyl (C=O) groups excluding carboxylic acids is 3. The normalized spacial score (nSPS) is 12.0. The largest absolute Gasteiger partial charge is 0.467 e. The summed E-state index contributed by atoms with van der Waals surface area (Å²) >= 11 is 0. The third kappa shape index (κ3) is 3.50. The second-order valence-corrected chi connectivity index (χ2v) is 6.69. The maximum atomic E-state index is 12.7. The Hall–Kier alpha value is -3.87. The zero-order valence-corrected chi connectivity index (χ0v) is 15.7. The average Bonchev–Trinajstić information content (AvgIpc) is 3.36. The van der Waals surface area contributed by atoms with Gasteiger partial charge >= 0.3 is 5.97 Å². The number of para-hydroxylation sites is 2. The van der Waals surface area contributed by atoms with Gasteiger partial charge in [-0.15, -0.1) is 0 Å². The van der Waals surface area contributed by atoms with E-state index in [1.54, 1.807) is 18.3 Å². The van der Waals surface area contributed by atoms with Crippen molar-refractivity contribution in [2.45, 2.75) is 12.5 Å². The molecule has 4 rings (SSSR count). The first-order chi connectivity index (χ1) is 14.1. The Morgan fingerprint density at radius 3 is 2.28 bits per heavy atom. The SMILES string of the molecule is COC(=O)[C@@H](Cc1c[nH]c2ccccc12)NC(=O)C(=O)c1c[nH]c2ccccc12. The van der Waals surface area contributed by atoms with Gasteiger partial charge in [0, 0.05) is 40.6 Å². The van der Waals surface area contributed by atoms with E-state index in [0.717, 1.165) is 22.0 Å². The molecule has 0 aliphatic heterocycles. The van der Waals surface area contributed by atoms with E-state index in [1.807, 2.05) is 36.4 Å². The summed E-state index contributed by atoms with van der Waals surface area (Å²) in [6.07, 6.45) is 3.48. The monoisotopic (exact) mass is 389 g/mol. The summed E-state index contributed by atoms with van der Waals surface area (Å²) in [5.74, 6) is -2.18. The van der Waals surface area contributed by atoms with Crippen LogP contribution in [-0.2, 0) is 20.7 Å². The van der Waals surface area contributed by atoms with Gasteiger partial charge in [-0.2, -0.15) is 0 Å². The lowest BCUT2D eigenvalue weighted by atomic mass is 10.0. The fourth-order valence-electron chi connectivity index (χ4n) is 3.46. The van der Waals surface area contributed by atoms with Gasteiger partial charge in [-0.1, -0.05) is 36.4 Å². The summed E-state index contributed by atoms with van der Waals surface area (Å²) in [7, 11) is 1.25. The maximum Gasteiger partial charge on any atom is 0.328 e. The zero-order chi connectivity index (χ0) is 20.4. The molecule has 146 valence electrons. The highest BCUT2D eigenvalue weighted by atomic mass is 16.5. The number of rotatable bonds is 6. The van der Waals surface area contributed by atoms with E-state index < -0.39 is 23.7 Å². The van der Waals surface area contributed by atoms with Gasteiger partial charge in [0.1, 0.15) is 6.04 Å². The van der Waals surface area contributed by atoms with Crippen LogP contribution >= 0.6 is 0 Å². The van der Waals surface area contributed by atoms with E-state index in [-0.39, 0.29) is 12.0 Å². The number of aromatic amines is 2. The molecular weight excluding hydrogens is 370 g/mol. The number of methoxy groups -OCH3 is 1. The summed E-state index contributed by atoms with van der Waals surface area (Å²) in [5.41, 5.74) is 2.78. The standard InChI is InChI=1S/C22H19N3O4/c1-29-22(28)19(10-13-11-23-17-8-4-2-6-14(13)17)25-21(27)20(26)16-12-24-18-9-5-3-7-15(16)18/h2-9,11-12,19,23-24H,10H2,1H3,(H,25,27)/t19-/m1/s1. The molecule has 7 nitrogen and oxygen atoms in total. The third-order valence-corrected chi connectivity index (χ3v) is 4.93. The van der Waals surface area contributed by atoms with E-state index in [1.165, 1.54) is 13.3 Å². The quantitative estimate of drug-likeness (QED) is 0.268. The Morgan fingerprint density at radius 1 is 0.931 bits per heavy atom. The molecule has 29 heavy (non-hydrogen) atoms. The van der Waals surface area contributed by atoms with Crippen molar-refractivity contribution in [1.29, 1.82) is 0 Å². The number of esters is 1. The van der Waals surface area contributed by atoms with Crippen LogP contribution in [0, 0.1) is 0 Å². The number of hydrogen-bond donors (Lipinski definition) is 3. The fourth-order valence-corrected chi connectivity index (χ4v) is 3.46. The van der Waals surface area contributed by atoms with E-state index in [4.69, 9.17) is 4.74 Å². The maximum absolute atomic E-state index is 12.7. The minimum atomic E-state index is -0.985. The van der Waals surface area contributed by atoms with E-state index in [9.17, 15) is 14.4 Å². The van der Waals surface area contributed by atoms with Crippen LogP contribution in [0.4, 0.5) is 0 Å². The van der Waals surface area contributed by atoms with Gasteiger partial charge in [0.15, 0.2) is 0 Å². The second kappa shape index (κ2) is 7.63. The summed E-state index contributed by atoms with van der Waals surface area (Å²) < 4.78 is 4.83. The summed E-state index contributed by atoms with van der Waals surface area (Å²) in [6, 6.07) is 13.9. The van der Waals surface area contributed by atoms with Crippen LogP contribution < -0.4 is 5.32 Å². The van der Waals surface area contributed by atoms with Crippen LogP contribution in [0.5, 0.6) is 0 Å². The lowest BCUT2D eigenvalue weighted by molar-refractivity contribution is -0.144. The number of benzene rings is 2. The molecule has 2 heterocycles. The first-order valence-electron chi connectivity index (χ1n) is 9.12. The minimum Gasteiger partial charge on any atom is -0.467 e. The number of ether oxygens (including phenoxy) is 1. The molecule has 0 bridgehead atoms. The van der Waals surface area contributed by atoms with Crippen molar-refractivity contribution in [2.75, 3.05) is 7.11 Å². The molecule has 0 spiro atoms. The number of hydrogen-bond acceptors (Lipinski definition) is 4. The van der Waals surface area contributed by atoms with E-state index in [2.05, 4.69) is 15.3 Å². The van der Waals surface area contributed by atoms with Crippen molar-refractivity contribution in [1.82, 2.24) is 15.3 Å². The highest BCUT2D eigenvalue weighted by molar-refractivity contribution is 6.45. The molecule has 0 fully saturated rings. The molecule has 4 aromatic rings. The van der Waals surface area contributed by atoms with Crippen molar-refractivity contribution in [3.8, 4) is 0 Å². The highest BCUT2D eigenvalue weighted by Crippen LogP contribution is 2.20. The number of amides is 1. The molecule has 0 aliphatic carbocycles. The number of nitrogens with one attached hydrogen (secondary N) is 3. The molecule has 3 N–H and O–H groups in total. The van der Waals surface area contributed by atoms with Gasteiger partial charge in [0.05, 0.1) is 12.7 Å². The molecular formula is C22H19N3O4. The molecule has 1 atom stereocenters. The number of fused-ring (bicyclic) bond motifs is 2. The summed E-state index contributed by atoms with van der Waals surface area (Å²) in [5, 5.41) is 4.13. The van der Waals surface area contributed by atoms with Crippen LogP contribution in [0.2, 0.25) is 0 Å². The van der Waals surface area contributed by atoms with Crippen LogP contribution in [-0.4, -0.2) is 40.8 Å². The van der Waals surface area contributed by atoms with Crippen molar-refractivity contribution in [2.24, 2.45) is 0 Å². The van der Waals surface area contributed by atoms with Gasteiger partial charge in [0.25, 0.3) is 11.7 Å². The predicted molar refractivity (Wildman–Crippen MR) is 109 cm³/mol. The molecule has 0 unspecified atom stereocenters. The van der Waals surface area contributed by atoms with Crippen molar-refractivity contribution < 1.29 is 19.1 Å². The van der Waals surface area contributed by atoms with Crippen molar-refractivity contribution in [3.05, 3.63) is 72.1 Å². The van der Waals surface area contributed by atoms with Crippen molar-refractivity contribution >= 4 is 39.5 Å². The fraction of sp³-hybridized carbons (Fsp3) is 0.136. The van der Waals surface area contributed by atoms with E-state index >= 15 is 0 Å². The summed E-state index contributed by atoms with van der Waals surface area (Å²) in [6.45, 7) is 0. The zero-order valence-electron chi connectivity index (χ0n) is 15.7. The van der Waals surface area contributed by atoms with E-state index in [0.29, 0.717) is 5.39 Å². The Morgan fingerprint density at radius 2 is 1.55 bits per heavy atom. The molecule has 0 radical (unpaired) electrons. The van der Waals surface area contributed by atoms with Gasteiger partial charge < -0.3 is 20.0 Å². The molecule has 7 heteroatoms. The smallest absolute Gasteiger partial charge is 0.328 e. The molecule has 0 saturated carbocycles. The topological polar surface area (TPSA) is 104 Å². The minimum absolute atomic E-state index is 0.198. The first kappa shape index (κ1) is 18.5. The number of carbonyl (C=O) groups is 3. The number of ketones is 1. The number of H-pyrrole nitrogens is 2. The van der Waals surface area contributed by atoms with Gasteiger partial charge in [0.2, 0.25) is 0 Å². The lowest BCUT2D eigenvalue weighted by Crippen LogP contribution is -2.45. The average molecular weight is 389 g/mol. The van der Waals surface area contributed by atoms with Crippen LogP contribution in [0.15, 0.2) is 60.9 Å². The molecule has 2 aromatic carbocycles. The van der Waals surface area contributed by atoms with Gasteiger partial charge in [-0.25, -0.2) is 4.79 Å². The Labute approximate surface area is 166 Å². The molecule has 0 saturated heterocycles. The summed E-state index contributed by atoms with van der Waals surface area (Å²) in [4.78, 5) is 43.7. The molecule has 0 aliphatic rings. The van der Waals surface area contributed by atoms with Gasteiger partial charge in [-0.05, 0) is 17.7 Å². The first-order valence-corrected chi connectivity index (χ1v) is 9.12. The lowest BCUT2D eigenvalue weighted by Gasteiger charge is -2.15. The highest BCUT2D eigenvalue weighted by Gasteiger charge is 2.27. The Bertz CT molecular complexity index is 1220. The predicted octanol–water partition coefficient (Wildman–Crippen LogP) is 2.73. The Balaban J connectivity index is 1.57.